The molecule has 0 N–H and O–H groups in total. The molecular weight excluding hydrogens is 305 g/mol. The van der Waals surface area contributed by atoms with Crippen LogP contribution in [-0.2, 0) is 15.6 Å². The van der Waals surface area contributed by atoms with Crippen molar-refractivity contribution in [1.29, 1.82) is 0 Å². The van der Waals surface area contributed by atoms with Crippen molar-refractivity contribution in [3.8, 4) is 0 Å². The van der Waals surface area contributed by atoms with Gasteiger partial charge in [0.05, 0.1) is 12.3 Å². The van der Waals surface area contributed by atoms with Crippen molar-refractivity contribution >= 4 is 16.6 Å². The van der Waals surface area contributed by atoms with Crippen LogP contribution in [0.2, 0.25) is 0 Å². The molecule has 21 heavy (non-hydrogen) atoms. The number of ether oxygens (including phenoxy) is 1. The Hall–Kier alpha value is -1.09. The maximum Gasteiger partial charge on any atom is 0.473 e. The monoisotopic (exact) mass is 322 g/mol. The van der Waals surface area contributed by atoms with Gasteiger partial charge in [0.1, 0.15) is 10.9 Å². The van der Waals surface area contributed by atoms with Gasteiger partial charge in [0.15, 0.2) is 11.6 Å². The van der Waals surface area contributed by atoms with Crippen molar-refractivity contribution < 1.29 is 17.9 Å². The van der Waals surface area contributed by atoms with Gasteiger partial charge in [-0.3, -0.25) is 0 Å². The number of nitrogens with zero attached hydrogens (tertiary/aromatic N) is 4. The number of likely N-dealkylation sites (N-methyl/N-ethyl adjacent to an activating group) is 1. The molecule has 2 saturated heterocycles. The van der Waals surface area contributed by atoms with Gasteiger partial charge in [0.2, 0.25) is 0 Å². The molecule has 1 atom stereocenters. The molecule has 0 aromatic rings. The topological polar surface area (TPSA) is 40.4 Å². The fraction of sp³-hybridized carbons (Fsp3) is 0.750. The van der Waals surface area contributed by atoms with Gasteiger partial charge in [-0.1, -0.05) is 0 Å². The summed E-state index contributed by atoms with van der Waals surface area (Å²) in [6, 6.07) is 0. The second-order valence-corrected chi connectivity index (χ2v) is 6.59. The van der Waals surface area contributed by atoms with Crippen LogP contribution in [0.3, 0.4) is 0 Å². The molecule has 0 aromatic heterocycles. The zero-order valence-electron chi connectivity index (χ0n) is 11.7. The summed E-state index contributed by atoms with van der Waals surface area (Å²) in [6.07, 6.45) is 1.23. The number of alkyl halides is 3. The lowest BCUT2D eigenvalue weighted by Crippen LogP contribution is -2.45. The Bertz CT molecular complexity index is 521. The van der Waals surface area contributed by atoms with Crippen LogP contribution in [-0.4, -0.2) is 60.9 Å². The first-order valence-corrected chi connectivity index (χ1v) is 8.00. The van der Waals surface area contributed by atoms with Gasteiger partial charge < -0.3 is 14.5 Å². The van der Waals surface area contributed by atoms with Gasteiger partial charge >= 0.3 is 5.51 Å². The van der Waals surface area contributed by atoms with Gasteiger partial charge in [-0.15, -0.1) is 0 Å². The van der Waals surface area contributed by atoms with Crippen LogP contribution in [0.1, 0.15) is 12.8 Å². The maximum absolute atomic E-state index is 13.0. The second-order valence-electron chi connectivity index (χ2n) is 5.23. The predicted octanol–water partition coefficient (Wildman–Crippen LogP) is 1.90. The lowest BCUT2D eigenvalue weighted by molar-refractivity contribution is -0.0358. The largest absolute Gasteiger partial charge is 0.488 e. The fourth-order valence-corrected chi connectivity index (χ4v) is 3.46. The summed E-state index contributed by atoms with van der Waals surface area (Å²) in [7, 11) is -0.304. The number of hydrogen-bond donors (Lipinski definition) is 0. The lowest BCUT2D eigenvalue weighted by Gasteiger charge is -2.36. The highest BCUT2D eigenvalue weighted by Crippen LogP contribution is 2.33. The third kappa shape index (κ3) is 3.08. The maximum atomic E-state index is 13.0. The lowest BCUT2D eigenvalue weighted by atomic mass is 10.1. The Morgan fingerprint density at radius 3 is 2.57 bits per heavy atom. The molecule has 0 spiro atoms. The van der Waals surface area contributed by atoms with E-state index >= 15 is 0 Å². The van der Waals surface area contributed by atoms with Crippen LogP contribution in [0.15, 0.2) is 20.3 Å². The molecule has 5 nitrogen and oxygen atoms in total. The zero-order valence-corrected chi connectivity index (χ0v) is 12.5. The van der Waals surface area contributed by atoms with Crippen molar-refractivity contribution in [2.24, 2.45) is 8.76 Å². The van der Waals surface area contributed by atoms with Crippen LogP contribution in [0.5, 0.6) is 0 Å². The van der Waals surface area contributed by atoms with Crippen LogP contribution >= 0.6 is 0 Å². The van der Waals surface area contributed by atoms with E-state index in [2.05, 4.69) is 13.7 Å². The third-order valence-corrected chi connectivity index (χ3v) is 4.80. The molecular formula is C12H17F3N4OS. The van der Waals surface area contributed by atoms with E-state index in [0.717, 1.165) is 13.1 Å². The molecule has 3 aliphatic heterocycles. The van der Waals surface area contributed by atoms with Gasteiger partial charge in [-0.25, -0.2) is 0 Å². The summed E-state index contributed by atoms with van der Waals surface area (Å²) in [4.78, 5) is 4.03. The SMILES string of the molecule is CN1CCN(C2=C3OCCCC3=NS(C(F)(F)F)=N2)CC1. The first-order valence-electron chi connectivity index (χ1n) is 6.87. The molecule has 0 bridgehead atoms. The predicted molar refractivity (Wildman–Crippen MR) is 74.6 cm³/mol. The number of allylic oxidation sites excluding steroid dienone is 1. The Kier molecular flexibility index (Phi) is 3.96. The summed E-state index contributed by atoms with van der Waals surface area (Å²) in [6.45, 7) is 3.44. The van der Waals surface area contributed by atoms with Crippen LogP contribution < -0.4 is 0 Å². The van der Waals surface area contributed by atoms with Gasteiger partial charge in [0.25, 0.3) is 0 Å². The van der Waals surface area contributed by atoms with Crippen molar-refractivity contribution in [2.45, 2.75) is 18.3 Å². The van der Waals surface area contributed by atoms with E-state index in [1.165, 1.54) is 0 Å². The average molecular weight is 322 g/mol. The Morgan fingerprint density at radius 1 is 1.19 bits per heavy atom. The molecule has 9 heteroatoms. The van der Waals surface area contributed by atoms with E-state index < -0.39 is 16.4 Å². The number of halogens is 3. The van der Waals surface area contributed by atoms with Crippen molar-refractivity contribution in [2.75, 3.05) is 39.8 Å². The molecule has 3 aliphatic rings. The molecule has 0 aromatic carbocycles. The smallest absolute Gasteiger partial charge is 0.473 e. The second kappa shape index (κ2) is 5.60. The highest BCUT2D eigenvalue weighted by molar-refractivity contribution is 7.87. The summed E-state index contributed by atoms with van der Waals surface area (Å²) in [5.41, 5.74) is -4.00. The summed E-state index contributed by atoms with van der Waals surface area (Å²) < 4.78 is 52.3. The molecule has 3 heterocycles. The van der Waals surface area contributed by atoms with E-state index in [-0.39, 0.29) is 0 Å². The summed E-state index contributed by atoms with van der Waals surface area (Å²) in [5.74, 6) is 0.798. The average Bonchev–Trinajstić information content (AvgIpc) is 2.46. The fourth-order valence-electron chi connectivity index (χ4n) is 2.46. The zero-order chi connectivity index (χ0) is 15.0. The van der Waals surface area contributed by atoms with Gasteiger partial charge in [-0.05, 0) is 19.9 Å². The molecule has 2 fully saturated rings. The highest BCUT2D eigenvalue weighted by atomic mass is 32.2. The van der Waals surface area contributed by atoms with Gasteiger partial charge in [0, 0.05) is 26.2 Å². The molecule has 0 amide bonds. The molecule has 0 radical (unpaired) electrons. The van der Waals surface area contributed by atoms with Crippen molar-refractivity contribution in [3.63, 3.8) is 0 Å². The van der Waals surface area contributed by atoms with E-state index in [4.69, 9.17) is 4.74 Å². The minimum Gasteiger partial charge on any atom is -0.488 e. The Balaban J connectivity index is 1.96. The molecule has 1 unspecified atom stereocenters. The van der Waals surface area contributed by atoms with Gasteiger partial charge in [-0.2, -0.15) is 21.9 Å². The molecule has 0 saturated carbocycles. The first-order chi connectivity index (χ1) is 9.95. The molecule has 3 rings (SSSR count). The van der Waals surface area contributed by atoms with E-state index in [1.807, 2.05) is 11.9 Å². The molecule has 118 valence electrons. The Labute approximate surface area is 123 Å². The summed E-state index contributed by atoms with van der Waals surface area (Å²) >= 11 is 0. The number of fused-ring (bicyclic) bond motifs is 1. The van der Waals surface area contributed by atoms with E-state index in [0.29, 0.717) is 49.8 Å². The number of rotatable bonds is 1. The normalized spacial score (nSPS) is 27.7. The standard InChI is InChI=1S/C12H17F3N4OS/c1-18-4-6-19(7-5-18)11-10-9(3-2-8-20-10)16-21(17-11)12(13,14)15/h2-8H2,1H3. The number of piperazine rings is 1. The van der Waals surface area contributed by atoms with E-state index in [1.54, 1.807) is 0 Å². The minimum absolute atomic E-state index is 0.341. The minimum atomic E-state index is -4.42. The van der Waals surface area contributed by atoms with Crippen LogP contribution in [0, 0.1) is 0 Å². The van der Waals surface area contributed by atoms with Crippen LogP contribution in [0.25, 0.3) is 0 Å². The first kappa shape index (κ1) is 14.8. The highest BCUT2D eigenvalue weighted by Gasteiger charge is 2.40. The number of hydrogen-bond acceptors (Lipinski definition) is 5. The Morgan fingerprint density at radius 2 is 1.90 bits per heavy atom. The third-order valence-electron chi connectivity index (χ3n) is 3.65. The van der Waals surface area contributed by atoms with Crippen molar-refractivity contribution in [1.82, 2.24) is 9.80 Å². The quantitative estimate of drug-likeness (QED) is 0.740. The summed E-state index contributed by atoms with van der Waals surface area (Å²) in [5, 5.41) is 0. The van der Waals surface area contributed by atoms with Crippen molar-refractivity contribution in [3.05, 3.63) is 11.6 Å². The van der Waals surface area contributed by atoms with Crippen LogP contribution in [0.4, 0.5) is 13.2 Å². The molecule has 0 aliphatic carbocycles. The van der Waals surface area contributed by atoms with E-state index in [9.17, 15) is 13.2 Å².